The first kappa shape index (κ1) is 34.5. The topological polar surface area (TPSA) is 154 Å². The van der Waals surface area contributed by atoms with Crippen LogP contribution in [0.25, 0.3) is 16.9 Å². The zero-order chi connectivity index (χ0) is 34.9. The maximum absolute atomic E-state index is 14.2. The highest BCUT2D eigenvalue weighted by molar-refractivity contribution is 5.77. The number of hydrogen-bond donors (Lipinski definition) is 4. The highest BCUT2D eigenvalue weighted by Gasteiger charge is 2.37. The number of likely N-dealkylation sites (tertiary alicyclic amines) is 1. The molecule has 0 unspecified atom stereocenters. The minimum absolute atomic E-state index is 0.0805. The Morgan fingerprint density at radius 2 is 1.84 bits per heavy atom. The van der Waals surface area contributed by atoms with E-state index >= 15 is 0 Å². The molecule has 1 aromatic carbocycles. The molecule has 0 bridgehead atoms. The third-order valence-corrected chi connectivity index (χ3v) is 9.75. The lowest BCUT2D eigenvalue weighted by Gasteiger charge is -2.47. The van der Waals surface area contributed by atoms with Crippen LogP contribution in [0.5, 0.6) is 0 Å². The average molecular weight is 677 g/mol. The maximum atomic E-state index is 14.2. The number of ether oxygens (including phenoxy) is 1. The summed E-state index contributed by atoms with van der Waals surface area (Å²) >= 11 is 0. The van der Waals surface area contributed by atoms with Crippen molar-refractivity contribution in [2.24, 2.45) is 5.41 Å². The van der Waals surface area contributed by atoms with Crippen molar-refractivity contribution in [1.82, 2.24) is 29.2 Å². The van der Waals surface area contributed by atoms with Crippen LogP contribution in [0.3, 0.4) is 0 Å². The predicted octanol–water partition coefficient (Wildman–Crippen LogP) is 3.55. The van der Waals surface area contributed by atoms with Crippen LogP contribution in [0.15, 0.2) is 58.5 Å². The number of pyridine rings is 1. The van der Waals surface area contributed by atoms with Crippen LogP contribution in [0.1, 0.15) is 50.8 Å². The number of nitrogens with zero attached hydrogens (tertiary/aromatic N) is 6. The Hall–Kier alpha value is -4.37. The van der Waals surface area contributed by atoms with Crippen molar-refractivity contribution in [3.63, 3.8) is 0 Å². The molecular formula is C35H45FN8O5. The Balaban J connectivity index is 1.33. The van der Waals surface area contributed by atoms with Gasteiger partial charge in [-0.3, -0.25) is 9.59 Å². The molecule has 4 N–H and O–H groups in total. The number of benzene rings is 1. The summed E-state index contributed by atoms with van der Waals surface area (Å²) in [6.07, 6.45) is 6.11. The molecule has 13 nitrogen and oxygen atoms in total. The minimum atomic E-state index is -1.40. The number of aromatic amines is 1. The van der Waals surface area contributed by atoms with E-state index in [1.54, 1.807) is 0 Å². The van der Waals surface area contributed by atoms with Crippen LogP contribution >= 0.6 is 0 Å². The number of nitrogens with one attached hydrogen (secondary N) is 2. The van der Waals surface area contributed by atoms with Crippen molar-refractivity contribution in [1.29, 1.82) is 0 Å². The second-order valence-corrected chi connectivity index (χ2v) is 13.8. The second kappa shape index (κ2) is 13.9. The van der Waals surface area contributed by atoms with Crippen molar-refractivity contribution >= 4 is 28.4 Å². The number of anilines is 3. The van der Waals surface area contributed by atoms with E-state index < -0.39 is 29.0 Å². The summed E-state index contributed by atoms with van der Waals surface area (Å²) in [5, 5.41) is 23.3. The summed E-state index contributed by atoms with van der Waals surface area (Å²) in [5.41, 5.74) is 1.03. The molecule has 0 saturated carbocycles. The molecule has 0 amide bonds. The van der Waals surface area contributed by atoms with Crippen molar-refractivity contribution in [2.45, 2.75) is 58.3 Å². The molecule has 6 rings (SSSR count). The summed E-state index contributed by atoms with van der Waals surface area (Å²) in [7, 11) is 2.19. The molecule has 2 aliphatic rings. The van der Waals surface area contributed by atoms with E-state index in [4.69, 9.17) is 4.74 Å². The van der Waals surface area contributed by atoms with Gasteiger partial charge < -0.3 is 35.1 Å². The third kappa shape index (κ3) is 7.47. The van der Waals surface area contributed by atoms with Gasteiger partial charge in [0.1, 0.15) is 17.0 Å². The summed E-state index contributed by atoms with van der Waals surface area (Å²) in [6, 6.07) is 8.46. The van der Waals surface area contributed by atoms with Crippen LogP contribution in [0.2, 0.25) is 0 Å². The first-order valence-electron chi connectivity index (χ1n) is 16.7. The monoisotopic (exact) mass is 676 g/mol. The molecule has 262 valence electrons. The zero-order valence-electron chi connectivity index (χ0n) is 28.3. The molecule has 0 atom stereocenters. The van der Waals surface area contributed by atoms with Gasteiger partial charge in [-0.15, -0.1) is 0 Å². The molecule has 5 heterocycles. The van der Waals surface area contributed by atoms with Crippen LogP contribution in [0, 0.1) is 5.41 Å². The van der Waals surface area contributed by atoms with E-state index in [-0.39, 0.29) is 41.7 Å². The number of piperidine rings is 2. The highest BCUT2D eigenvalue weighted by Crippen LogP contribution is 2.42. The molecular weight excluding hydrogens is 631 g/mol. The Morgan fingerprint density at radius 3 is 2.51 bits per heavy atom. The number of rotatable bonds is 11. The molecule has 14 heteroatoms. The lowest BCUT2D eigenvalue weighted by molar-refractivity contribution is 0.0736. The number of fused-ring (bicyclic) bond motifs is 1. The molecule has 2 fully saturated rings. The fraction of sp³-hybridized carbons (Fsp3) is 0.486. The summed E-state index contributed by atoms with van der Waals surface area (Å²) < 4.78 is 22.3. The number of aromatic nitrogens is 5. The smallest absolute Gasteiger partial charge is 0.278 e. The van der Waals surface area contributed by atoms with Gasteiger partial charge in [-0.25, -0.2) is 18.7 Å². The van der Waals surface area contributed by atoms with Crippen LogP contribution < -0.4 is 21.2 Å². The highest BCUT2D eigenvalue weighted by atomic mass is 19.1. The summed E-state index contributed by atoms with van der Waals surface area (Å²) in [4.78, 5) is 42.9. The largest absolute Gasteiger partial charge is 0.394 e. The van der Waals surface area contributed by atoms with Gasteiger partial charge in [-0.05, 0) is 83.3 Å². The van der Waals surface area contributed by atoms with Crippen molar-refractivity contribution in [2.75, 3.05) is 56.7 Å². The molecule has 4 aromatic rings. The van der Waals surface area contributed by atoms with Gasteiger partial charge in [0.05, 0.1) is 37.7 Å². The van der Waals surface area contributed by atoms with Crippen molar-refractivity contribution < 1.29 is 19.3 Å². The van der Waals surface area contributed by atoms with Gasteiger partial charge in [-0.2, -0.15) is 4.98 Å². The molecule has 1 spiro atoms. The lowest BCUT2D eigenvalue weighted by Crippen LogP contribution is -2.46. The SMILES string of the molecule is C=C(F)Cn1c(=O)c2cnc(Nc3ccc(N4CCC5(CCN(C)CC5)CC4)c(COCCO)c3)nc2n1-c1cc(=O)cc(C(C)(C)O)[nH]1. The molecule has 2 aliphatic heterocycles. The number of hydrogen-bond acceptors (Lipinski definition) is 10. The fourth-order valence-corrected chi connectivity index (χ4v) is 6.89. The van der Waals surface area contributed by atoms with Gasteiger partial charge in [0, 0.05) is 48.4 Å². The first-order valence-corrected chi connectivity index (χ1v) is 16.7. The molecule has 0 radical (unpaired) electrons. The number of H-pyrrole nitrogens is 1. The Labute approximate surface area is 283 Å². The van der Waals surface area contributed by atoms with Crippen molar-refractivity contribution in [3.05, 3.63) is 80.8 Å². The van der Waals surface area contributed by atoms with Crippen molar-refractivity contribution in [3.8, 4) is 5.82 Å². The van der Waals surface area contributed by atoms with Gasteiger partial charge in [-0.1, -0.05) is 6.58 Å². The number of aliphatic hydroxyl groups excluding tert-OH is 1. The lowest BCUT2D eigenvalue weighted by atomic mass is 9.71. The van der Waals surface area contributed by atoms with E-state index in [9.17, 15) is 24.2 Å². The van der Waals surface area contributed by atoms with E-state index in [1.807, 2.05) is 12.1 Å². The zero-order valence-corrected chi connectivity index (χ0v) is 28.3. The Bertz CT molecular complexity index is 1940. The average Bonchev–Trinajstić information content (AvgIpc) is 3.32. The Kier molecular flexibility index (Phi) is 9.76. The molecule has 49 heavy (non-hydrogen) atoms. The summed E-state index contributed by atoms with van der Waals surface area (Å²) in [5.74, 6) is -0.501. The first-order chi connectivity index (χ1) is 23.4. The van der Waals surface area contributed by atoms with E-state index in [2.05, 4.69) is 49.8 Å². The normalized spacial score (nSPS) is 16.8. The number of halogens is 1. The quantitative estimate of drug-likeness (QED) is 0.174. The number of allylic oxidation sites excluding steroid dienone is 1. The van der Waals surface area contributed by atoms with E-state index in [0.717, 1.165) is 55.0 Å². The minimum Gasteiger partial charge on any atom is -0.394 e. The van der Waals surface area contributed by atoms with Crippen LogP contribution in [0.4, 0.5) is 21.7 Å². The van der Waals surface area contributed by atoms with E-state index in [1.165, 1.54) is 49.7 Å². The van der Waals surface area contributed by atoms with Gasteiger partial charge in [0.2, 0.25) is 5.95 Å². The third-order valence-electron chi connectivity index (χ3n) is 9.75. The van der Waals surface area contributed by atoms with Gasteiger partial charge in [0.25, 0.3) is 5.56 Å². The van der Waals surface area contributed by atoms with Gasteiger partial charge >= 0.3 is 0 Å². The Morgan fingerprint density at radius 1 is 1.12 bits per heavy atom. The predicted molar refractivity (Wildman–Crippen MR) is 186 cm³/mol. The van der Waals surface area contributed by atoms with Gasteiger partial charge in [0.15, 0.2) is 11.1 Å². The number of aliphatic hydroxyl groups is 2. The standard InChI is InChI=1S/C35H45FN8O5/c1-23(36)21-43-32(47)27-20-37-33(40-31(27)44(43)30-19-26(46)18-29(39-30)34(2,3)48)38-25-5-6-28(24(17-25)22-49-16-15-45)42-13-9-35(10-14-42)7-11-41(4)12-8-35/h5-6,17-20,45,48H,1,7-16,21-22H2,2-4H3,(H,39,46)(H,37,38,40). The van der Waals surface area contributed by atoms with Crippen LogP contribution in [-0.4, -0.2) is 85.9 Å². The van der Waals surface area contributed by atoms with E-state index in [0.29, 0.717) is 17.7 Å². The second-order valence-electron chi connectivity index (χ2n) is 13.8. The van der Waals surface area contributed by atoms with Crippen LogP contribution in [-0.2, 0) is 23.5 Å². The molecule has 0 aliphatic carbocycles. The fourth-order valence-electron chi connectivity index (χ4n) is 6.89. The molecule has 2 saturated heterocycles. The molecule has 3 aromatic heterocycles. The summed E-state index contributed by atoms with van der Waals surface area (Å²) in [6.45, 7) is 10.5. The maximum Gasteiger partial charge on any atom is 0.278 e.